The number of hydrogen-bond acceptors (Lipinski definition) is 3. The van der Waals surface area contributed by atoms with E-state index in [4.69, 9.17) is 5.73 Å². The van der Waals surface area contributed by atoms with Crippen molar-refractivity contribution in [3.8, 4) is 0 Å². The molecule has 110 valence electrons. The van der Waals surface area contributed by atoms with E-state index in [-0.39, 0.29) is 17.1 Å². The SMILES string of the molecule is CNC(=O)C1(C)CCN(Cc2cc(F)ccc2CN)C1. The molecule has 0 bridgehead atoms. The van der Waals surface area contributed by atoms with Gasteiger partial charge in [-0.05, 0) is 43.1 Å². The molecule has 5 heteroatoms. The average Bonchev–Trinajstić information content (AvgIpc) is 2.81. The van der Waals surface area contributed by atoms with Gasteiger partial charge in [0, 0.05) is 26.7 Å². The highest BCUT2D eigenvalue weighted by molar-refractivity contribution is 5.82. The fraction of sp³-hybridized carbons (Fsp3) is 0.533. The molecule has 0 aromatic heterocycles. The first-order valence-corrected chi connectivity index (χ1v) is 6.90. The Morgan fingerprint density at radius 1 is 1.50 bits per heavy atom. The zero-order chi connectivity index (χ0) is 14.8. The number of carbonyl (C=O) groups excluding carboxylic acids is 1. The fourth-order valence-electron chi connectivity index (χ4n) is 2.86. The molecule has 2 rings (SSSR count). The van der Waals surface area contributed by atoms with Crippen LogP contribution in [0.5, 0.6) is 0 Å². The number of likely N-dealkylation sites (tertiary alicyclic amines) is 1. The van der Waals surface area contributed by atoms with Crippen molar-refractivity contribution < 1.29 is 9.18 Å². The Morgan fingerprint density at radius 3 is 2.90 bits per heavy atom. The van der Waals surface area contributed by atoms with Gasteiger partial charge in [-0.3, -0.25) is 9.69 Å². The summed E-state index contributed by atoms with van der Waals surface area (Å²) in [5.74, 6) is -0.177. The van der Waals surface area contributed by atoms with E-state index < -0.39 is 0 Å². The van der Waals surface area contributed by atoms with Crippen molar-refractivity contribution in [1.82, 2.24) is 10.2 Å². The van der Waals surface area contributed by atoms with Crippen LogP contribution in [0.1, 0.15) is 24.5 Å². The number of halogens is 1. The maximum absolute atomic E-state index is 13.4. The van der Waals surface area contributed by atoms with Gasteiger partial charge < -0.3 is 11.1 Å². The first-order chi connectivity index (χ1) is 9.48. The second-order valence-corrected chi connectivity index (χ2v) is 5.72. The summed E-state index contributed by atoms with van der Waals surface area (Å²) in [5.41, 5.74) is 7.21. The summed E-state index contributed by atoms with van der Waals surface area (Å²) in [6.45, 7) is 4.53. The van der Waals surface area contributed by atoms with Crippen LogP contribution in [0.25, 0.3) is 0 Å². The van der Waals surface area contributed by atoms with Crippen LogP contribution in [0.2, 0.25) is 0 Å². The summed E-state index contributed by atoms with van der Waals surface area (Å²) < 4.78 is 13.4. The van der Waals surface area contributed by atoms with E-state index in [0.29, 0.717) is 19.6 Å². The summed E-state index contributed by atoms with van der Waals surface area (Å²) in [6.07, 6.45) is 0.819. The lowest BCUT2D eigenvalue weighted by atomic mass is 9.89. The summed E-state index contributed by atoms with van der Waals surface area (Å²) in [7, 11) is 1.66. The van der Waals surface area contributed by atoms with E-state index in [2.05, 4.69) is 10.2 Å². The maximum atomic E-state index is 13.4. The summed E-state index contributed by atoms with van der Waals surface area (Å²) in [5, 5.41) is 2.72. The van der Waals surface area contributed by atoms with Gasteiger partial charge in [0.25, 0.3) is 0 Å². The van der Waals surface area contributed by atoms with E-state index in [1.807, 2.05) is 6.92 Å². The molecule has 0 spiro atoms. The standard InChI is InChI=1S/C15H22FN3O/c1-15(14(20)18-2)5-6-19(10-15)9-12-7-13(16)4-3-11(12)8-17/h3-4,7H,5-6,8-10,17H2,1-2H3,(H,18,20). The Balaban J connectivity index is 2.09. The number of benzene rings is 1. The number of nitrogens with zero attached hydrogens (tertiary/aromatic N) is 1. The predicted molar refractivity (Wildman–Crippen MR) is 76.4 cm³/mol. The third-order valence-electron chi connectivity index (χ3n) is 4.11. The van der Waals surface area contributed by atoms with Gasteiger partial charge in [0.15, 0.2) is 0 Å². The van der Waals surface area contributed by atoms with Crippen molar-refractivity contribution >= 4 is 5.91 Å². The molecule has 1 unspecified atom stereocenters. The van der Waals surface area contributed by atoms with Gasteiger partial charge >= 0.3 is 0 Å². The van der Waals surface area contributed by atoms with Crippen LogP contribution in [0, 0.1) is 11.2 Å². The van der Waals surface area contributed by atoms with Crippen molar-refractivity contribution in [2.45, 2.75) is 26.4 Å². The lowest BCUT2D eigenvalue weighted by Crippen LogP contribution is -2.39. The molecule has 1 aliphatic rings. The summed E-state index contributed by atoms with van der Waals surface area (Å²) in [4.78, 5) is 14.1. The largest absolute Gasteiger partial charge is 0.359 e. The molecule has 20 heavy (non-hydrogen) atoms. The van der Waals surface area contributed by atoms with Crippen molar-refractivity contribution in [3.63, 3.8) is 0 Å². The number of rotatable bonds is 4. The first kappa shape index (κ1) is 14.9. The maximum Gasteiger partial charge on any atom is 0.227 e. The monoisotopic (exact) mass is 279 g/mol. The van der Waals surface area contributed by atoms with E-state index >= 15 is 0 Å². The smallest absolute Gasteiger partial charge is 0.227 e. The molecule has 0 aliphatic carbocycles. The van der Waals surface area contributed by atoms with Crippen molar-refractivity contribution in [2.75, 3.05) is 20.1 Å². The van der Waals surface area contributed by atoms with Gasteiger partial charge in [0.2, 0.25) is 5.91 Å². The molecule has 4 nitrogen and oxygen atoms in total. The van der Waals surface area contributed by atoms with E-state index in [9.17, 15) is 9.18 Å². The molecule has 0 saturated carbocycles. The van der Waals surface area contributed by atoms with Crippen LogP contribution >= 0.6 is 0 Å². The highest BCUT2D eigenvalue weighted by Gasteiger charge is 2.39. The van der Waals surface area contributed by atoms with Gasteiger partial charge in [-0.1, -0.05) is 6.07 Å². The van der Waals surface area contributed by atoms with Crippen LogP contribution in [-0.4, -0.2) is 30.9 Å². The minimum absolute atomic E-state index is 0.0679. The Labute approximate surface area is 119 Å². The molecule has 1 fully saturated rings. The number of carbonyl (C=O) groups is 1. The van der Waals surface area contributed by atoms with E-state index in [0.717, 1.165) is 24.1 Å². The van der Waals surface area contributed by atoms with Gasteiger partial charge in [0.05, 0.1) is 5.41 Å². The van der Waals surface area contributed by atoms with Crippen LogP contribution in [0.15, 0.2) is 18.2 Å². The van der Waals surface area contributed by atoms with Crippen molar-refractivity contribution in [1.29, 1.82) is 0 Å². The number of hydrogen-bond donors (Lipinski definition) is 2. The van der Waals surface area contributed by atoms with Crippen molar-refractivity contribution in [2.24, 2.45) is 11.1 Å². The average molecular weight is 279 g/mol. The lowest BCUT2D eigenvalue weighted by molar-refractivity contribution is -0.129. The topological polar surface area (TPSA) is 58.4 Å². The molecule has 1 aromatic rings. The molecule has 1 atom stereocenters. The quantitative estimate of drug-likeness (QED) is 0.872. The number of nitrogens with two attached hydrogens (primary N) is 1. The molecular formula is C15H22FN3O. The number of nitrogens with one attached hydrogen (secondary N) is 1. The molecule has 0 radical (unpaired) electrons. The van der Waals surface area contributed by atoms with Crippen LogP contribution in [0.3, 0.4) is 0 Å². The highest BCUT2D eigenvalue weighted by atomic mass is 19.1. The second kappa shape index (κ2) is 5.89. The minimum Gasteiger partial charge on any atom is -0.359 e. The second-order valence-electron chi connectivity index (χ2n) is 5.72. The Morgan fingerprint density at radius 2 is 2.25 bits per heavy atom. The molecule has 1 amide bonds. The third-order valence-corrected chi connectivity index (χ3v) is 4.11. The third kappa shape index (κ3) is 2.99. The molecule has 1 heterocycles. The Hall–Kier alpha value is -1.46. The zero-order valence-electron chi connectivity index (χ0n) is 12.1. The first-order valence-electron chi connectivity index (χ1n) is 6.90. The predicted octanol–water partition coefficient (Wildman–Crippen LogP) is 1.24. The minimum atomic E-state index is -0.356. The molecule has 1 aliphatic heterocycles. The van der Waals surface area contributed by atoms with Gasteiger partial charge in [0.1, 0.15) is 5.82 Å². The number of amides is 1. The van der Waals surface area contributed by atoms with E-state index in [1.54, 1.807) is 13.1 Å². The van der Waals surface area contributed by atoms with Gasteiger partial charge in [-0.2, -0.15) is 0 Å². The summed E-state index contributed by atoms with van der Waals surface area (Å²) >= 11 is 0. The van der Waals surface area contributed by atoms with Gasteiger partial charge in [-0.25, -0.2) is 4.39 Å². The lowest BCUT2D eigenvalue weighted by Gasteiger charge is -2.23. The van der Waals surface area contributed by atoms with Crippen LogP contribution in [-0.2, 0) is 17.9 Å². The fourth-order valence-corrected chi connectivity index (χ4v) is 2.86. The van der Waals surface area contributed by atoms with E-state index in [1.165, 1.54) is 12.1 Å². The van der Waals surface area contributed by atoms with Crippen LogP contribution in [0.4, 0.5) is 4.39 Å². The highest BCUT2D eigenvalue weighted by Crippen LogP contribution is 2.31. The van der Waals surface area contributed by atoms with Crippen molar-refractivity contribution in [3.05, 3.63) is 35.1 Å². The van der Waals surface area contributed by atoms with Crippen LogP contribution < -0.4 is 11.1 Å². The van der Waals surface area contributed by atoms with Gasteiger partial charge in [-0.15, -0.1) is 0 Å². The Bertz CT molecular complexity index is 506. The molecule has 3 N–H and O–H groups in total. The molecular weight excluding hydrogens is 257 g/mol. The molecule has 1 aromatic carbocycles. The Kier molecular flexibility index (Phi) is 4.40. The summed E-state index contributed by atoms with van der Waals surface area (Å²) in [6, 6.07) is 4.71. The molecule has 1 saturated heterocycles. The zero-order valence-corrected chi connectivity index (χ0v) is 12.1. The normalized spacial score (nSPS) is 23.0.